The molecule has 0 aromatic heterocycles. The van der Waals surface area contributed by atoms with Crippen LogP contribution in [0.4, 0.5) is 0 Å². The third kappa shape index (κ3) is 10.1. The predicted molar refractivity (Wildman–Crippen MR) is 97.0 cm³/mol. The first kappa shape index (κ1) is 23.6. The molecule has 4 heteroatoms. The van der Waals surface area contributed by atoms with Gasteiger partial charge in [-0.25, -0.2) is 0 Å². The molecule has 0 rings (SSSR count). The molecule has 0 amide bonds. The molecule has 1 N–H and O–H groups in total. The minimum Gasteiger partial charge on any atom is -0.316 e. The van der Waals surface area contributed by atoms with E-state index >= 15 is 0 Å². The second-order valence-electron chi connectivity index (χ2n) is 6.60. The molecule has 0 fully saturated rings. The zero-order valence-corrected chi connectivity index (χ0v) is 17.8. The third-order valence-electron chi connectivity index (χ3n) is 3.75. The van der Waals surface area contributed by atoms with Crippen LogP contribution in [0, 0.1) is 0 Å². The van der Waals surface area contributed by atoms with Gasteiger partial charge in [0, 0.05) is 17.1 Å². The van der Waals surface area contributed by atoms with E-state index in [2.05, 4.69) is 60.7 Å². The fraction of sp³-hybridized carbons (Fsp3) is 1.00. The minimum atomic E-state index is 0. The number of hydrogen-bond acceptors (Lipinski definition) is 1. The summed E-state index contributed by atoms with van der Waals surface area (Å²) < 4.78 is 0. The minimum absolute atomic E-state index is 0. The van der Waals surface area contributed by atoms with Crippen LogP contribution in [0.25, 0.3) is 0 Å². The van der Waals surface area contributed by atoms with Crippen molar-refractivity contribution in [2.45, 2.75) is 78.0 Å². The van der Waals surface area contributed by atoms with Gasteiger partial charge in [0.25, 0.3) is 0 Å². The average Bonchev–Trinajstić information content (AvgIpc) is 2.25. The molecule has 0 aliphatic heterocycles. The van der Waals surface area contributed by atoms with Gasteiger partial charge in [-0.3, -0.25) is 0 Å². The van der Waals surface area contributed by atoms with Crippen LogP contribution in [-0.4, -0.2) is 48.0 Å². The van der Waals surface area contributed by atoms with Crippen LogP contribution >= 0.6 is 15.8 Å². The Bertz CT molecular complexity index is 183. The topological polar surface area (TPSA) is 12.0 Å². The van der Waals surface area contributed by atoms with Crippen LogP contribution < -0.4 is 5.32 Å². The van der Waals surface area contributed by atoms with Gasteiger partial charge in [-0.05, 0) is 48.0 Å². The smallest absolute Gasteiger partial charge is 0 e. The standard InChI is InChI=1S/C16H37NP2.Fe/c1-13(2)18(14(3)4)11-9-17-10-12-19(15(5)6)16(7)8;/h13-17H,9-12H2,1-8H3;. The van der Waals surface area contributed by atoms with E-state index in [-0.39, 0.29) is 32.9 Å². The SMILES string of the molecule is CC(C)P(CCNCCP(C(C)C)C(C)C)C(C)C.[Fe]. The van der Waals surface area contributed by atoms with Crippen LogP contribution in [0.15, 0.2) is 0 Å². The van der Waals surface area contributed by atoms with Gasteiger partial charge in [-0.1, -0.05) is 55.4 Å². The zero-order chi connectivity index (χ0) is 15.0. The Labute approximate surface area is 141 Å². The van der Waals surface area contributed by atoms with Crippen molar-refractivity contribution in [2.24, 2.45) is 0 Å². The van der Waals surface area contributed by atoms with Crippen molar-refractivity contribution in [3.05, 3.63) is 0 Å². The van der Waals surface area contributed by atoms with Crippen molar-refractivity contribution in [2.75, 3.05) is 25.4 Å². The van der Waals surface area contributed by atoms with Crippen LogP contribution in [0.3, 0.4) is 0 Å². The quantitative estimate of drug-likeness (QED) is 0.322. The van der Waals surface area contributed by atoms with E-state index in [0.29, 0.717) is 0 Å². The van der Waals surface area contributed by atoms with Crippen molar-refractivity contribution in [3.63, 3.8) is 0 Å². The summed E-state index contributed by atoms with van der Waals surface area (Å²) in [6, 6.07) is 0. The molecule has 0 radical (unpaired) electrons. The maximum Gasteiger partial charge on any atom is 0 e. The van der Waals surface area contributed by atoms with E-state index in [0.717, 1.165) is 22.6 Å². The molecule has 0 aliphatic rings. The van der Waals surface area contributed by atoms with E-state index in [1.165, 1.54) is 25.4 Å². The Morgan fingerprint density at radius 1 is 0.600 bits per heavy atom. The molecule has 0 spiro atoms. The Hall–Kier alpha value is 1.34. The monoisotopic (exact) mass is 361 g/mol. The van der Waals surface area contributed by atoms with Gasteiger partial charge in [0.1, 0.15) is 0 Å². The molecule has 1 nitrogen and oxygen atoms in total. The van der Waals surface area contributed by atoms with Gasteiger partial charge in [0.15, 0.2) is 0 Å². The summed E-state index contributed by atoms with van der Waals surface area (Å²) in [5.74, 6) is 0. The molecule has 0 atom stereocenters. The van der Waals surface area contributed by atoms with Crippen LogP contribution in [-0.2, 0) is 17.1 Å². The molecular formula is C16H37FeNP2. The maximum atomic E-state index is 3.70. The van der Waals surface area contributed by atoms with Crippen molar-refractivity contribution in [1.29, 1.82) is 0 Å². The van der Waals surface area contributed by atoms with E-state index in [1.54, 1.807) is 0 Å². The average molecular weight is 361 g/mol. The Morgan fingerprint density at radius 3 is 1.05 bits per heavy atom. The second-order valence-corrected chi connectivity index (χ2v) is 13.7. The maximum absolute atomic E-state index is 3.70. The van der Waals surface area contributed by atoms with Crippen molar-refractivity contribution < 1.29 is 17.1 Å². The first-order valence-electron chi connectivity index (χ1n) is 7.99. The Morgan fingerprint density at radius 2 is 0.850 bits per heavy atom. The summed E-state index contributed by atoms with van der Waals surface area (Å²) in [4.78, 5) is 0. The molecule has 124 valence electrons. The molecule has 0 aromatic carbocycles. The van der Waals surface area contributed by atoms with Gasteiger partial charge < -0.3 is 5.32 Å². The van der Waals surface area contributed by atoms with Crippen LogP contribution in [0.5, 0.6) is 0 Å². The summed E-state index contributed by atoms with van der Waals surface area (Å²) in [6.07, 6.45) is 2.79. The van der Waals surface area contributed by atoms with E-state index < -0.39 is 0 Å². The first-order chi connectivity index (χ1) is 8.77. The van der Waals surface area contributed by atoms with Crippen LogP contribution in [0.1, 0.15) is 55.4 Å². The van der Waals surface area contributed by atoms with Crippen molar-refractivity contribution >= 4 is 15.8 Å². The number of nitrogens with one attached hydrogen (secondary N) is 1. The molecule has 20 heavy (non-hydrogen) atoms. The fourth-order valence-electron chi connectivity index (χ4n) is 2.77. The molecule has 0 bridgehead atoms. The van der Waals surface area contributed by atoms with Gasteiger partial charge in [0.2, 0.25) is 0 Å². The van der Waals surface area contributed by atoms with Crippen molar-refractivity contribution in [1.82, 2.24) is 5.32 Å². The second kappa shape index (κ2) is 12.8. The Kier molecular flexibility index (Phi) is 15.2. The molecule has 0 saturated carbocycles. The number of hydrogen-bond donors (Lipinski definition) is 1. The van der Waals surface area contributed by atoms with Crippen molar-refractivity contribution in [3.8, 4) is 0 Å². The zero-order valence-electron chi connectivity index (χ0n) is 14.9. The summed E-state index contributed by atoms with van der Waals surface area (Å²) >= 11 is 0. The van der Waals surface area contributed by atoms with Gasteiger partial charge in [-0.2, -0.15) is 0 Å². The molecular weight excluding hydrogens is 324 g/mol. The molecule has 0 aliphatic carbocycles. The number of rotatable bonds is 10. The molecule has 0 aromatic rings. The summed E-state index contributed by atoms with van der Waals surface area (Å²) in [7, 11) is 0.415. The largest absolute Gasteiger partial charge is 0.316 e. The summed E-state index contributed by atoms with van der Waals surface area (Å²) in [5, 5.41) is 3.70. The van der Waals surface area contributed by atoms with Gasteiger partial charge >= 0.3 is 0 Å². The van der Waals surface area contributed by atoms with Crippen LogP contribution in [0.2, 0.25) is 0 Å². The third-order valence-corrected chi connectivity index (χ3v) is 10.5. The normalized spacial score (nSPS) is 12.3. The van der Waals surface area contributed by atoms with E-state index in [4.69, 9.17) is 0 Å². The van der Waals surface area contributed by atoms with Gasteiger partial charge in [0.05, 0.1) is 0 Å². The van der Waals surface area contributed by atoms with Gasteiger partial charge in [-0.15, -0.1) is 15.8 Å². The molecule has 0 saturated heterocycles. The molecule has 0 unspecified atom stereocenters. The predicted octanol–water partition coefficient (Wildman–Crippen LogP) is 5.17. The fourth-order valence-corrected chi connectivity index (χ4v) is 8.05. The molecule has 0 heterocycles. The summed E-state index contributed by atoms with van der Waals surface area (Å²) in [5.41, 5.74) is 3.50. The van der Waals surface area contributed by atoms with E-state index in [9.17, 15) is 0 Å². The Balaban J connectivity index is 0. The summed E-state index contributed by atoms with van der Waals surface area (Å²) in [6.45, 7) is 21.6. The van der Waals surface area contributed by atoms with E-state index in [1.807, 2.05) is 0 Å². The first-order valence-corrected chi connectivity index (χ1v) is 11.3.